The fourth-order valence-electron chi connectivity index (χ4n) is 4.58. The molecule has 1 N–H and O–H groups in total. The van der Waals surface area contributed by atoms with Crippen LogP contribution in [0.3, 0.4) is 0 Å². The van der Waals surface area contributed by atoms with Crippen LogP contribution in [-0.4, -0.2) is 44.9 Å². The van der Waals surface area contributed by atoms with Gasteiger partial charge < -0.3 is 19.7 Å². The largest absolute Gasteiger partial charge is 0.416 e. The molecule has 6 nitrogen and oxygen atoms in total. The molecule has 0 unspecified atom stereocenters. The van der Waals surface area contributed by atoms with E-state index in [-0.39, 0.29) is 30.2 Å². The number of halogens is 3. The second kappa shape index (κ2) is 10.1. The Labute approximate surface area is 197 Å². The van der Waals surface area contributed by atoms with Gasteiger partial charge in [0, 0.05) is 36.7 Å². The van der Waals surface area contributed by atoms with Crippen molar-refractivity contribution in [2.75, 3.05) is 11.9 Å². The first-order chi connectivity index (χ1) is 16.2. The molecular weight excluding hydrogens is 445 g/mol. The van der Waals surface area contributed by atoms with Gasteiger partial charge in [0.1, 0.15) is 6.54 Å². The molecule has 0 saturated heterocycles. The van der Waals surface area contributed by atoms with Crippen LogP contribution in [0.2, 0.25) is 0 Å². The predicted octanol–water partition coefficient (Wildman–Crippen LogP) is 5.40. The predicted molar refractivity (Wildman–Crippen MR) is 123 cm³/mol. The number of nitrogens with zero attached hydrogens (tertiary/aromatic N) is 3. The lowest BCUT2D eigenvalue weighted by Gasteiger charge is -2.35. The lowest BCUT2D eigenvalue weighted by Crippen LogP contribution is -2.50. The number of hydrogen-bond donors (Lipinski definition) is 1. The topological polar surface area (TPSA) is 57.6 Å². The smallest absolute Gasteiger partial charge is 0.353 e. The first kappa shape index (κ1) is 24.2. The van der Waals surface area contributed by atoms with Crippen LogP contribution >= 0.6 is 0 Å². The Morgan fingerprint density at radius 1 is 0.971 bits per heavy atom. The monoisotopic (exact) mass is 476 g/mol. The van der Waals surface area contributed by atoms with Crippen molar-refractivity contribution < 1.29 is 22.8 Å². The molecule has 4 rings (SSSR count). The lowest BCUT2D eigenvalue weighted by atomic mass is 9.94. The van der Waals surface area contributed by atoms with Gasteiger partial charge in [-0.15, -0.1) is 0 Å². The fourth-order valence-corrected chi connectivity index (χ4v) is 4.58. The minimum atomic E-state index is -4.44. The van der Waals surface area contributed by atoms with Crippen LogP contribution in [-0.2, 0) is 24.6 Å². The van der Waals surface area contributed by atoms with Crippen molar-refractivity contribution in [1.29, 1.82) is 0 Å². The Balaban J connectivity index is 1.48. The van der Waals surface area contributed by atoms with Gasteiger partial charge in [-0.05, 0) is 62.1 Å². The third-order valence-electron chi connectivity index (χ3n) is 6.74. The molecule has 1 aromatic heterocycles. The van der Waals surface area contributed by atoms with Gasteiger partial charge >= 0.3 is 12.2 Å². The molecule has 0 radical (unpaired) electrons. The number of carbonyl (C=O) groups is 2. The third kappa shape index (κ3) is 5.93. The van der Waals surface area contributed by atoms with E-state index in [1.165, 1.54) is 12.1 Å². The zero-order valence-electron chi connectivity index (χ0n) is 19.4. The number of amides is 3. The molecule has 2 aliphatic carbocycles. The van der Waals surface area contributed by atoms with Gasteiger partial charge in [-0.25, -0.2) is 4.79 Å². The Morgan fingerprint density at radius 2 is 1.62 bits per heavy atom. The van der Waals surface area contributed by atoms with E-state index in [0.717, 1.165) is 62.8 Å². The highest BCUT2D eigenvalue weighted by atomic mass is 19.4. The zero-order valence-corrected chi connectivity index (χ0v) is 19.4. The summed E-state index contributed by atoms with van der Waals surface area (Å²) >= 11 is 0. The number of hydrogen-bond acceptors (Lipinski definition) is 2. The van der Waals surface area contributed by atoms with Crippen molar-refractivity contribution in [1.82, 2.24) is 14.4 Å². The summed E-state index contributed by atoms with van der Waals surface area (Å²) in [5, 5.41) is 2.71. The molecule has 1 aromatic carbocycles. The molecule has 0 aliphatic heterocycles. The second-order valence-corrected chi connectivity index (χ2v) is 9.29. The Kier molecular flexibility index (Phi) is 7.19. The van der Waals surface area contributed by atoms with Gasteiger partial charge in [-0.2, -0.15) is 13.2 Å². The molecule has 2 fully saturated rings. The molecule has 34 heavy (non-hydrogen) atoms. The molecule has 0 bridgehead atoms. The highest BCUT2D eigenvalue weighted by molar-refractivity contribution is 5.92. The van der Waals surface area contributed by atoms with E-state index >= 15 is 0 Å². The fraction of sp³-hybridized carbons (Fsp3) is 0.520. The van der Waals surface area contributed by atoms with E-state index in [2.05, 4.69) is 5.32 Å². The van der Waals surface area contributed by atoms with Crippen LogP contribution < -0.4 is 5.32 Å². The van der Waals surface area contributed by atoms with Gasteiger partial charge in [0.25, 0.3) is 0 Å². The lowest BCUT2D eigenvalue weighted by molar-refractivity contribution is -0.137. The minimum absolute atomic E-state index is 0.0436. The zero-order chi connectivity index (χ0) is 24.3. The number of urea groups is 1. The number of carbonyl (C=O) groups excluding carboxylic acids is 2. The summed E-state index contributed by atoms with van der Waals surface area (Å²) < 4.78 is 40.6. The number of benzene rings is 1. The summed E-state index contributed by atoms with van der Waals surface area (Å²) in [5.41, 5.74) is 0.526. The number of alkyl halides is 3. The van der Waals surface area contributed by atoms with E-state index < -0.39 is 17.8 Å². The van der Waals surface area contributed by atoms with Crippen LogP contribution in [0.5, 0.6) is 0 Å². The van der Waals surface area contributed by atoms with Gasteiger partial charge in [0.05, 0.1) is 12.1 Å². The third-order valence-corrected chi connectivity index (χ3v) is 6.74. The number of nitrogens with one attached hydrogen (secondary N) is 1. The average Bonchev–Trinajstić information content (AvgIpc) is 3.57. The Morgan fingerprint density at radius 3 is 2.18 bits per heavy atom. The highest BCUT2D eigenvalue weighted by Gasteiger charge is 2.36. The molecule has 2 aromatic rings. The molecule has 2 saturated carbocycles. The molecule has 1 heterocycles. The molecule has 3 amide bonds. The summed E-state index contributed by atoms with van der Waals surface area (Å²) in [5.74, 6) is -0.100. The van der Waals surface area contributed by atoms with E-state index in [0.29, 0.717) is 6.54 Å². The quantitative estimate of drug-likeness (QED) is 0.582. The van der Waals surface area contributed by atoms with E-state index in [4.69, 9.17) is 0 Å². The van der Waals surface area contributed by atoms with E-state index in [9.17, 15) is 22.8 Å². The number of aryl methyl sites for hydroxylation is 1. The summed E-state index contributed by atoms with van der Waals surface area (Å²) in [7, 11) is 1.94. The summed E-state index contributed by atoms with van der Waals surface area (Å²) in [4.78, 5) is 30.1. The van der Waals surface area contributed by atoms with Crippen LogP contribution in [0, 0.1) is 0 Å². The maximum Gasteiger partial charge on any atom is 0.416 e. The molecule has 0 spiro atoms. The summed E-state index contributed by atoms with van der Waals surface area (Å²) in [6.45, 7) is 0.448. The highest BCUT2D eigenvalue weighted by Crippen LogP contribution is 2.31. The number of anilines is 1. The Hall–Kier alpha value is -2.97. The van der Waals surface area contributed by atoms with Crippen LogP contribution in [0.4, 0.5) is 23.7 Å². The van der Waals surface area contributed by atoms with E-state index in [1.807, 2.05) is 34.8 Å². The van der Waals surface area contributed by atoms with Crippen molar-refractivity contribution in [2.24, 2.45) is 7.05 Å². The molecule has 2 aliphatic rings. The van der Waals surface area contributed by atoms with Crippen LogP contribution in [0.15, 0.2) is 42.6 Å². The van der Waals surface area contributed by atoms with Crippen molar-refractivity contribution in [2.45, 2.75) is 69.8 Å². The SMILES string of the molecule is Cn1cccc1CN(C(=O)CN(C(=O)Nc1ccc(C(F)(F)F)cc1)C1CCCCC1)C1CC1. The van der Waals surface area contributed by atoms with Crippen molar-refractivity contribution in [3.8, 4) is 0 Å². The van der Waals surface area contributed by atoms with Gasteiger partial charge in [-0.1, -0.05) is 19.3 Å². The number of rotatable bonds is 7. The first-order valence-electron chi connectivity index (χ1n) is 11.9. The summed E-state index contributed by atoms with van der Waals surface area (Å²) in [6.07, 6.45) is 4.11. The van der Waals surface area contributed by atoms with Crippen molar-refractivity contribution in [3.05, 3.63) is 53.9 Å². The van der Waals surface area contributed by atoms with Crippen molar-refractivity contribution >= 4 is 17.6 Å². The molecule has 184 valence electrons. The van der Waals surface area contributed by atoms with Gasteiger partial charge in [0.15, 0.2) is 0 Å². The van der Waals surface area contributed by atoms with Crippen molar-refractivity contribution in [3.63, 3.8) is 0 Å². The Bertz CT molecular complexity index is 992. The normalized spacial score (nSPS) is 16.8. The maximum atomic E-state index is 13.4. The van der Waals surface area contributed by atoms with E-state index in [1.54, 1.807) is 4.90 Å². The van der Waals surface area contributed by atoms with Gasteiger partial charge in [-0.3, -0.25) is 4.79 Å². The summed E-state index contributed by atoms with van der Waals surface area (Å²) in [6, 6.07) is 7.98. The molecule has 9 heteroatoms. The second-order valence-electron chi connectivity index (χ2n) is 9.29. The number of aromatic nitrogens is 1. The first-order valence-corrected chi connectivity index (χ1v) is 11.9. The standard InChI is InChI=1S/C25H31F3N4O2/c1-30-15-5-8-22(30)16-31(21-13-14-21)23(33)17-32(20-6-3-2-4-7-20)24(34)29-19-11-9-18(10-12-19)25(26,27)28/h5,8-12,15,20-21H,2-4,6-7,13-14,16-17H2,1H3,(H,29,34). The minimum Gasteiger partial charge on any atom is -0.353 e. The van der Waals surface area contributed by atoms with Crippen LogP contribution in [0.1, 0.15) is 56.2 Å². The average molecular weight is 477 g/mol. The maximum absolute atomic E-state index is 13.4. The molecular formula is C25H31F3N4O2. The molecule has 0 atom stereocenters. The van der Waals surface area contributed by atoms with Crippen LogP contribution in [0.25, 0.3) is 0 Å². The van der Waals surface area contributed by atoms with Gasteiger partial charge in [0.2, 0.25) is 5.91 Å².